The number of hydrogen-bond donors (Lipinski definition) is 1. The topological polar surface area (TPSA) is 52.5 Å². The molecule has 2 aromatic heterocycles. The van der Waals surface area contributed by atoms with E-state index in [9.17, 15) is 4.79 Å². The summed E-state index contributed by atoms with van der Waals surface area (Å²) >= 11 is 7.47. The maximum atomic E-state index is 13.2. The number of nitrogens with one attached hydrogen (secondary N) is 1. The normalized spacial score (nSPS) is 10.7. The van der Waals surface area contributed by atoms with Gasteiger partial charge in [-0.2, -0.15) is 0 Å². The number of rotatable bonds is 7. The molecule has 0 atom stereocenters. The van der Waals surface area contributed by atoms with Crippen LogP contribution in [0.4, 0.5) is 0 Å². The van der Waals surface area contributed by atoms with E-state index >= 15 is 0 Å². The summed E-state index contributed by atoms with van der Waals surface area (Å²) in [6.45, 7) is 0.339. The number of hydrogen-bond acceptors (Lipinski definition) is 4. The number of benzene rings is 2. The van der Waals surface area contributed by atoms with Crippen molar-refractivity contribution >= 4 is 28.8 Å². The van der Waals surface area contributed by atoms with Crippen LogP contribution in [0, 0.1) is 0 Å². The highest BCUT2D eigenvalue weighted by Crippen LogP contribution is 2.35. The minimum Gasteiger partial charge on any atom is -0.497 e. The molecule has 0 bridgehead atoms. The summed E-state index contributed by atoms with van der Waals surface area (Å²) in [5, 5.41) is 5.70. The zero-order valence-electron chi connectivity index (χ0n) is 17.1. The third kappa shape index (κ3) is 4.45. The fourth-order valence-corrected chi connectivity index (χ4v) is 4.46. The Balaban J connectivity index is 1.64. The molecule has 0 aliphatic heterocycles. The van der Waals surface area contributed by atoms with E-state index in [1.165, 1.54) is 11.3 Å². The number of amides is 1. The van der Waals surface area contributed by atoms with Gasteiger partial charge in [0.05, 0.1) is 19.9 Å². The van der Waals surface area contributed by atoms with E-state index in [4.69, 9.17) is 21.1 Å². The largest absolute Gasteiger partial charge is 0.497 e. The lowest BCUT2D eigenvalue weighted by molar-refractivity contribution is 0.0955. The van der Waals surface area contributed by atoms with Crippen LogP contribution in [-0.4, -0.2) is 24.7 Å². The van der Waals surface area contributed by atoms with Gasteiger partial charge in [0.15, 0.2) is 0 Å². The summed E-state index contributed by atoms with van der Waals surface area (Å²) < 4.78 is 12.6. The van der Waals surface area contributed by atoms with Crippen LogP contribution in [0.1, 0.15) is 15.2 Å². The van der Waals surface area contributed by atoms with Crippen LogP contribution in [-0.2, 0) is 6.54 Å². The average molecular weight is 453 g/mol. The number of carbonyl (C=O) groups is 1. The van der Waals surface area contributed by atoms with Crippen LogP contribution in [0.15, 0.2) is 72.4 Å². The van der Waals surface area contributed by atoms with Gasteiger partial charge in [-0.3, -0.25) is 4.79 Å². The molecule has 31 heavy (non-hydrogen) atoms. The molecule has 5 nitrogen and oxygen atoms in total. The van der Waals surface area contributed by atoms with Gasteiger partial charge in [-0.1, -0.05) is 23.7 Å². The molecule has 1 N–H and O–H groups in total. The zero-order valence-corrected chi connectivity index (χ0v) is 18.7. The highest BCUT2D eigenvalue weighted by molar-refractivity contribution is 7.13. The summed E-state index contributed by atoms with van der Waals surface area (Å²) in [6.07, 6.45) is 3.87. The molecule has 1 amide bonds. The Bertz CT molecular complexity index is 1180. The number of halogens is 1. The van der Waals surface area contributed by atoms with Crippen molar-refractivity contribution in [1.29, 1.82) is 0 Å². The predicted octanol–water partition coefficient (Wildman–Crippen LogP) is 5.81. The average Bonchev–Trinajstić information content (AvgIpc) is 3.47. The van der Waals surface area contributed by atoms with Crippen molar-refractivity contribution < 1.29 is 14.3 Å². The molecule has 0 fully saturated rings. The van der Waals surface area contributed by atoms with Crippen molar-refractivity contribution in [1.82, 2.24) is 9.88 Å². The molecule has 0 saturated carbocycles. The molecule has 2 aromatic carbocycles. The first-order chi connectivity index (χ1) is 15.1. The number of nitrogens with zero attached hydrogens (tertiary/aromatic N) is 1. The molecule has 0 aliphatic rings. The van der Waals surface area contributed by atoms with Crippen molar-refractivity contribution in [3.05, 3.63) is 87.8 Å². The van der Waals surface area contributed by atoms with Gasteiger partial charge in [-0.05, 0) is 42.0 Å². The Morgan fingerprint density at radius 3 is 2.48 bits per heavy atom. The van der Waals surface area contributed by atoms with Crippen LogP contribution in [0.25, 0.3) is 16.8 Å². The number of thiophene rings is 1. The maximum absolute atomic E-state index is 13.2. The van der Waals surface area contributed by atoms with E-state index < -0.39 is 0 Å². The second-order valence-corrected chi connectivity index (χ2v) is 8.10. The van der Waals surface area contributed by atoms with Crippen LogP contribution >= 0.6 is 22.9 Å². The summed E-state index contributed by atoms with van der Waals surface area (Å²) in [7, 11) is 3.20. The number of carbonyl (C=O) groups excluding carboxylic acids is 1. The molecule has 0 radical (unpaired) electrons. The Morgan fingerprint density at radius 2 is 1.81 bits per heavy atom. The fraction of sp³-hybridized carbons (Fsp3) is 0.125. The second kappa shape index (κ2) is 9.29. The summed E-state index contributed by atoms with van der Waals surface area (Å²) in [5.74, 6) is 1.22. The molecule has 4 rings (SSSR count). The molecule has 158 valence electrons. The highest BCUT2D eigenvalue weighted by Gasteiger charge is 2.20. The molecule has 2 heterocycles. The van der Waals surface area contributed by atoms with E-state index in [0.717, 1.165) is 22.4 Å². The van der Waals surface area contributed by atoms with Crippen LogP contribution in [0.3, 0.4) is 0 Å². The molecular weight excluding hydrogens is 432 g/mol. The first kappa shape index (κ1) is 21.0. The Labute approximate surface area is 189 Å². The summed E-state index contributed by atoms with van der Waals surface area (Å²) in [5.41, 5.74) is 3.69. The van der Waals surface area contributed by atoms with Gasteiger partial charge in [0.1, 0.15) is 16.4 Å². The Kier molecular flexibility index (Phi) is 6.30. The van der Waals surface area contributed by atoms with Crippen LogP contribution in [0.5, 0.6) is 11.5 Å². The van der Waals surface area contributed by atoms with Gasteiger partial charge >= 0.3 is 0 Å². The molecule has 0 saturated heterocycles. The quantitative estimate of drug-likeness (QED) is 0.385. The monoisotopic (exact) mass is 452 g/mol. The highest BCUT2D eigenvalue weighted by atomic mass is 35.5. The van der Waals surface area contributed by atoms with Crippen molar-refractivity contribution in [2.75, 3.05) is 14.2 Å². The predicted molar refractivity (Wildman–Crippen MR) is 125 cm³/mol. The van der Waals surface area contributed by atoms with E-state index in [-0.39, 0.29) is 5.91 Å². The second-order valence-electron chi connectivity index (χ2n) is 6.78. The lowest BCUT2D eigenvalue weighted by Crippen LogP contribution is -2.23. The van der Waals surface area contributed by atoms with Crippen molar-refractivity contribution in [3.8, 4) is 28.3 Å². The zero-order chi connectivity index (χ0) is 21.8. The SMILES string of the molecule is COc1ccc(CNC(=O)c2scc(-c3ccc(Cl)cc3)c2-n2cccc2)c(OC)c1. The van der Waals surface area contributed by atoms with Crippen LogP contribution in [0.2, 0.25) is 5.02 Å². The van der Waals surface area contributed by atoms with Crippen molar-refractivity contribution in [2.24, 2.45) is 0 Å². The van der Waals surface area contributed by atoms with E-state index in [2.05, 4.69) is 5.32 Å². The maximum Gasteiger partial charge on any atom is 0.263 e. The van der Waals surface area contributed by atoms with Crippen molar-refractivity contribution in [3.63, 3.8) is 0 Å². The third-order valence-corrected chi connectivity index (χ3v) is 6.14. The Morgan fingerprint density at radius 1 is 1.06 bits per heavy atom. The standard InChI is InChI=1S/C24H21ClN2O3S/c1-29-19-10-7-17(21(13-19)30-2)14-26-24(28)23-22(27-11-3-4-12-27)20(15-31-23)16-5-8-18(25)9-6-16/h3-13,15H,14H2,1-2H3,(H,26,28). The lowest BCUT2D eigenvalue weighted by Gasteiger charge is -2.12. The summed E-state index contributed by atoms with van der Waals surface area (Å²) in [4.78, 5) is 13.8. The van der Waals surface area contributed by atoms with Gasteiger partial charge in [0, 0.05) is 46.5 Å². The number of ether oxygens (including phenoxy) is 2. The first-order valence-electron chi connectivity index (χ1n) is 9.60. The van der Waals surface area contributed by atoms with Gasteiger partial charge in [0.25, 0.3) is 5.91 Å². The molecule has 0 unspecified atom stereocenters. The molecular formula is C24H21ClN2O3S. The fourth-order valence-electron chi connectivity index (χ4n) is 3.34. The minimum absolute atomic E-state index is 0.146. The molecule has 7 heteroatoms. The molecule has 4 aromatic rings. The van der Waals surface area contributed by atoms with Gasteiger partial charge < -0.3 is 19.4 Å². The van der Waals surface area contributed by atoms with Gasteiger partial charge in [-0.25, -0.2) is 0 Å². The van der Waals surface area contributed by atoms with Crippen molar-refractivity contribution in [2.45, 2.75) is 6.54 Å². The lowest BCUT2D eigenvalue weighted by atomic mass is 10.1. The summed E-state index contributed by atoms with van der Waals surface area (Å²) in [6, 6.07) is 17.0. The Hall–Kier alpha value is -3.22. The number of aromatic nitrogens is 1. The van der Waals surface area contributed by atoms with Crippen LogP contribution < -0.4 is 14.8 Å². The third-order valence-electron chi connectivity index (χ3n) is 4.92. The van der Waals surface area contributed by atoms with Gasteiger partial charge in [0.2, 0.25) is 0 Å². The van der Waals surface area contributed by atoms with Gasteiger partial charge in [-0.15, -0.1) is 11.3 Å². The van der Waals surface area contributed by atoms with E-state index in [1.54, 1.807) is 20.3 Å². The number of methoxy groups -OCH3 is 2. The molecule has 0 spiro atoms. The first-order valence-corrected chi connectivity index (χ1v) is 10.9. The molecule has 0 aliphatic carbocycles. The minimum atomic E-state index is -0.146. The smallest absolute Gasteiger partial charge is 0.263 e. The van der Waals surface area contributed by atoms with E-state index in [0.29, 0.717) is 27.9 Å². The van der Waals surface area contributed by atoms with E-state index in [1.807, 2.05) is 70.9 Å².